The van der Waals surface area contributed by atoms with Crippen molar-refractivity contribution in [3.63, 3.8) is 0 Å². The zero-order chi connectivity index (χ0) is 21.3. The number of ether oxygens (including phenoxy) is 3. The molecule has 0 unspecified atom stereocenters. The molecule has 0 N–H and O–H groups in total. The van der Waals surface area contributed by atoms with Crippen molar-refractivity contribution < 1.29 is 19.0 Å². The van der Waals surface area contributed by atoms with Gasteiger partial charge in [-0.3, -0.25) is 4.79 Å². The van der Waals surface area contributed by atoms with Crippen molar-refractivity contribution in [2.45, 2.75) is 57.8 Å². The number of carbonyl (C=O) groups excluding carboxylic acids is 1. The third-order valence-corrected chi connectivity index (χ3v) is 5.27. The fourth-order valence-electron chi connectivity index (χ4n) is 3.86. The van der Waals surface area contributed by atoms with E-state index in [9.17, 15) is 4.79 Å². The van der Waals surface area contributed by atoms with Crippen LogP contribution in [0.4, 0.5) is 0 Å². The van der Waals surface area contributed by atoms with Crippen molar-refractivity contribution in [1.29, 1.82) is 0 Å². The van der Waals surface area contributed by atoms with Gasteiger partial charge in [-0.05, 0) is 29.0 Å². The molecule has 1 saturated carbocycles. The first kappa shape index (κ1) is 21.8. The van der Waals surface area contributed by atoms with Gasteiger partial charge in [0.1, 0.15) is 12.2 Å². The van der Waals surface area contributed by atoms with Crippen LogP contribution in [0, 0.1) is 5.92 Å². The van der Waals surface area contributed by atoms with Crippen LogP contribution in [0.15, 0.2) is 65.8 Å². The first-order valence-electron chi connectivity index (χ1n) is 10.1. The molecule has 7 nitrogen and oxygen atoms in total. The SMILES string of the molecule is CC(=O)O[C@H]1[C@@H](OCc2ccccc2)[C@H](OCc2ccccc2)[C@H](N=[N+]=[N-])C[C@H]1C. The Morgan fingerprint density at radius 3 is 2.00 bits per heavy atom. The molecule has 158 valence electrons. The summed E-state index contributed by atoms with van der Waals surface area (Å²) in [4.78, 5) is 14.8. The molecule has 1 aliphatic rings. The molecule has 0 spiro atoms. The summed E-state index contributed by atoms with van der Waals surface area (Å²) in [5.74, 6) is -0.411. The number of rotatable bonds is 8. The molecule has 0 radical (unpaired) electrons. The van der Waals surface area contributed by atoms with E-state index in [1.807, 2.05) is 67.6 Å². The standard InChI is InChI=1S/C23H27N3O4/c1-16-13-20(25-26-24)22(28-14-18-9-5-3-6-10-18)23(21(16)30-17(2)27)29-15-19-11-7-4-8-12-19/h3-12,16,20-23H,13-15H2,1-2H3/t16-,20-,21-,22-,23-/m1/s1. The average Bonchev–Trinajstić information content (AvgIpc) is 2.75. The fraction of sp³-hybridized carbons (Fsp3) is 0.435. The number of benzene rings is 2. The maximum Gasteiger partial charge on any atom is 0.303 e. The van der Waals surface area contributed by atoms with Gasteiger partial charge in [0.05, 0.1) is 25.4 Å². The largest absolute Gasteiger partial charge is 0.459 e. The first-order valence-corrected chi connectivity index (χ1v) is 10.1. The zero-order valence-electron chi connectivity index (χ0n) is 17.3. The Labute approximate surface area is 176 Å². The van der Waals surface area contributed by atoms with Gasteiger partial charge in [-0.15, -0.1) is 0 Å². The summed E-state index contributed by atoms with van der Waals surface area (Å²) in [6.45, 7) is 4.04. The molecule has 1 aliphatic carbocycles. The Morgan fingerprint density at radius 2 is 1.50 bits per heavy atom. The highest BCUT2D eigenvalue weighted by atomic mass is 16.6. The van der Waals surface area contributed by atoms with Gasteiger partial charge in [-0.25, -0.2) is 0 Å². The second-order valence-electron chi connectivity index (χ2n) is 7.58. The van der Waals surface area contributed by atoms with Crippen LogP contribution in [0.25, 0.3) is 10.4 Å². The molecular formula is C23H27N3O4. The van der Waals surface area contributed by atoms with E-state index in [2.05, 4.69) is 10.0 Å². The molecule has 30 heavy (non-hydrogen) atoms. The second-order valence-corrected chi connectivity index (χ2v) is 7.58. The summed E-state index contributed by atoms with van der Waals surface area (Å²) in [6, 6.07) is 19.1. The zero-order valence-corrected chi connectivity index (χ0v) is 17.3. The van der Waals surface area contributed by atoms with E-state index in [1.165, 1.54) is 6.92 Å². The Hall–Kier alpha value is -2.86. The molecule has 0 heterocycles. The highest BCUT2D eigenvalue weighted by Crippen LogP contribution is 2.34. The minimum atomic E-state index is -0.558. The van der Waals surface area contributed by atoms with Crippen LogP contribution < -0.4 is 0 Å². The number of hydrogen-bond donors (Lipinski definition) is 0. The third kappa shape index (κ3) is 5.83. The second kappa shape index (κ2) is 10.8. The van der Waals surface area contributed by atoms with Crippen molar-refractivity contribution in [3.05, 3.63) is 82.2 Å². The fourth-order valence-corrected chi connectivity index (χ4v) is 3.86. The summed E-state index contributed by atoms with van der Waals surface area (Å²) in [5.41, 5.74) is 11.1. The molecule has 0 saturated heterocycles. The summed E-state index contributed by atoms with van der Waals surface area (Å²) < 4.78 is 18.1. The highest BCUT2D eigenvalue weighted by Gasteiger charge is 2.46. The maximum atomic E-state index is 11.8. The lowest BCUT2D eigenvalue weighted by atomic mass is 9.80. The normalized spacial score (nSPS) is 25.9. The first-order chi connectivity index (χ1) is 14.6. The van der Waals surface area contributed by atoms with E-state index in [1.54, 1.807) is 0 Å². The van der Waals surface area contributed by atoms with Crippen LogP contribution in [0.5, 0.6) is 0 Å². The lowest BCUT2D eigenvalue weighted by Gasteiger charge is -2.43. The summed E-state index contributed by atoms with van der Waals surface area (Å²) in [7, 11) is 0. The lowest BCUT2D eigenvalue weighted by Crippen LogP contribution is -2.55. The predicted octanol–water partition coefficient (Wildman–Crippen LogP) is 4.81. The van der Waals surface area contributed by atoms with Gasteiger partial charge in [-0.2, -0.15) is 0 Å². The van der Waals surface area contributed by atoms with Crippen molar-refractivity contribution in [2.75, 3.05) is 0 Å². The van der Waals surface area contributed by atoms with E-state index in [4.69, 9.17) is 19.7 Å². The van der Waals surface area contributed by atoms with E-state index >= 15 is 0 Å². The molecule has 2 aromatic rings. The Morgan fingerprint density at radius 1 is 0.967 bits per heavy atom. The Bertz CT molecular complexity index is 855. The summed E-state index contributed by atoms with van der Waals surface area (Å²) in [5, 5.41) is 3.98. The van der Waals surface area contributed by atoms with Crippen molar-refractivity contribution in [1.82, 2.24) is 0 Å². The number of esters is 1. The van der Waals surface area contributed by atoms with Crippen LogP contribution >= 0.6 is 0 Å². The molecular weight excluding hydrogens is 382 g/mol. The quantitative estimate of drug-likeness (QED) is 0.271. The van der Waals surface area contributed by atoms with E-state index in [0.717, 1.165) is 11.1 Å². The molecule has 2 aromatic carbocycles. The van der Waals surface area contributed by atoms with Gasteiger partial charge in [0.15, 0.2) is 0 Å². The number of nitrogens with zero attached hydrogens (tertiary/aromatic N) is 3. The predicted molar refractivity (Wildman–Crippen MR) is 112 cm³/mol. The van der Waals surface area contributed by atoms with Crippen LogP contribution in [-0.2, 0) is 32.2 Å². The molecule has 0 aromatic heterocycles. The molecule has 0 aliphatic heterocycles. The third-order valence-electron chi connectivity index (χ3n) is 5.27. The Kier molecular flexibility index (Phi) is 7.85. The van der Waals surface area contributed by atoms with Gasteiger partial charge in [0.2, 0.25) is 0 Å². The number of azide groups is 1. The van der Waals surface area contributed by atoms with Crippen LogP contribution in [0.2, 0.25) is 0 Å². The van der Waals surface area contributed by atoms with Gasteiger partial charge < -0.3 is 14.2 Å². The molecule has 0 amide bonds. The van der Waals surface area contributed by atoms with E-state index in [0.29, 0.717) is 19.6 Å². The molecule has 0 bridgehead atoms. The Balaban J connectivity index is 1.84. The molecule has 1 fully saturated rings. The van der Waals surface area contributed by atoms with Crippen LogP contribution in [-0.4, -0.2) is 30.3 Å². The van der Waals surface area contributed by atoms with Crippen LogP contribution in [0.3, 0.4) is 0 Å². The maximum absolute atomic E-state index is 11.8. The van der Waals surface area contributed by atoms with Crippen molar-refractivity contribution in [3.8, 4) is 0 Å². The minimum Gasteiger partial charge on any atom is -0.459 e. The summed E-state index contributed by atoms with van der Waals surface area (Å²) in [6.07, 6.45) is -1.04. The van der Waals surface area contributed by atoms with Crippen molar-refractivity contribution in [2.24, 2.45) is 11.0 Å². The van der Waals surface area contributed by atoms with Gasteiger partial charge in [0.25, 0.3) is 0 Å². The lowest BCUT2D eigenvalue weighted by molar-refractivity contribution is -0.194. The molecule has 7 heteroatoms. The van der Waals surface area contributed by atoms with Gasteiger partial charge in [-0.1, -0.05) is 72.7 Å². The molecule has 3 rings (SSSR count). The number of carbonyl (C=O) groups is 1. The topological polar surface area (TPSA) is 93.5 Å². The number of hydrogen-bond acceptors (Lipinski definition) is 5. The van der Waals surface area contributed by atoms with Crippen molar-refractivity contribution >= 4 is 5.97 Å². The van der Waals surface area contributed by atoms with Crippen LogP contribution in [0.1, 0.15) is 31.4 Å². The monoisotopic (exact) mass is 409 g/mol. The van der Waals surface area contributed by atoms with E-state index < -0.39 is 24.4 Å². The smallest absolute Gasteiger partial charge is 0.303 e. The molecule has 5 atom stereocenters. The average molecular weight is 409 g/mol. The van der Waals surface area contributed by atoms with Gasteiger partial charge >= 0.3 is 5.97 Å². The van der Waals surface area contributed by atoms with Gasteiger partial charge in [0, 0.05) is 11.8 Å². The summed E-state index contributed by atoms with van der Waals surface area (Å²) >= 11 is 0. The minimum absolute atomic E-state index is 0.0400. The highest BCUT2D eigenvalue weighted by molar-refractivity contribution is 5.66. The van der Waals surface area contributed by atoms with E-state index in [-0.39, 0.29) is 11.9 Å².